The van der Waals surface area contributed by atoms with Crippen LogP contribution in [0.4, 0.5) is 0 Å². The summed E-state index contributed by atoms with van der Waals surface area (Å²) >= 11 is 0. The summed E-state index contributed by atoms with van der Waals surface area (Å²) in [7, 11) is 0. The van der Waals surface area contributed by atoms with E-state index in [1.165, 1.54) is 0 Å². The normalized spacial score (nSPS) is 12.2. The molecule has 212 valence electrons. The Morgan fingerprint density at radius 1 is 0.951 bits per heavy atom. The number of furan rings is 1. The zero-order valence-corrected chi connectivity index (χ0v) is 23.3. The molecule has 2 amide bonds. The standard InChI is InChI=1S/C31H31N3O7/c1-15-18(4)40-28-17(3)29-22(12-21(15)28)16(2)23(31(39)41-29)13-26(35)34-25(30(38)32-10-9-27(36)37)11-19-14-33-24-8-6-5-7-20(19)24/h5-8,12,14,25,33H,9-11,13H2,1-4H3,(H,32,38)(H,34,35)(H,36,37). The molecular formula is C31H31N3O7. The number of carbonyl (C=O) groups excluding carboxylic acids is 2. The van der Waals surface area contributed by atoms with Crippen LogP contribution in [0.15, 0.2) is 50.2 Å². The molecule has 0 aliphatic carbocycles. The molecule has 3 heterocycles. The number of hydrogen-bond acceptors (Lipinski definition) is 6. The van der Waals surface area contributed by atoms with Crippen molar-refractivity contribution in [3.63, 3.8) is 0 Å². The lowest BCUT2D eigenvalue weighted by Crippen LogP contribution is -2.49. The highest BCUT2D eigenvalue weighted by atomic mass is 16.4. The Kier molecular flexibility index (Phi) is 7.40. The van der Waals surface area contributed by atoms with Gasteiger partial charge in [0.2, 0.25) is 11.8 Å². The van der Waals surface area contributed by atoms with Gasteiger partial charge in [-0.05, 0) is 56.5 Å². The van der Waals surface area contributed by atoms with Crippen LogP contribution >= 0.6 is 0 Å². The second kappa shape index (κ2) is 11.0. The fraction of sp³-hybridized carbons (Fsp3) is 0.290. The predicted octanol–water partition coefficient (Wildman–Crippen LogP) is 4.12. The fourth-order valence-corrected chi connectivity index (χ4v) is 5.25. The van der Waals surface area contributed by atoms with Gasteiger partial charge < -0.3 is 29.6 Å². The number of hydrogen-bond donors (Lipinski definition) is 4. The topological polar surface area (TPSA) is 155 Å². The highest BCUT2D eigenvalue weighted by molar-refractivity contribution is 6.00. The van der Waals surface area contributed by atoms with Crippen molar-refractivity contribution in [2.75, 3.05) is 6.54 Å². The van der Waals surface area contributed by atoms with Crippen LogP contribution in [-0.4, -0.2) is 40.5 Å². The van der Waals surface area contributed by atoms with Gasteiger partial charge in [0.1, 0.15) is 23.0 Å². The van der Waals surface area contributed by atoms with E-state index in [4.69, 9.17) is 13.9 Å². The van der Waals surface area contributed by atoms with Crippen molar-refractivity contribution in [3.05, 3.63) is 80.5 Å². The first-order valence-corrected chi connectivity index (χ1v) is 13.3. The molecule has 3 aromatic heterocycles. The maximum Gasteiger partial charge on any atom is 0.340 e. The Bertz CT molecular complexity index is 1890. The van der Waals surface area contributed by atoms with Gasteiger partial charge in [0.15, 0.2) is 0 Å². The maximum absolute atomic E-state index is 13.3. The number of fused-ring (bicyclic) bond motifs is 3. The number of carbonyl (C=O) groups is 3. The first-order chi connectivity index (χ1) is 19.5. The van der Waals surface area contributed by atoms with E-state index in [1.54, 1.807) is 13.1 Å². The van der Waals surface area contributed by atoms with Crippen LogP contribution < -0.4 is 16.3 Å². The van der Waals surface area contributed by atoms with Gasteiger partial charge in [0.25, 0.3) is 0 Å². The number of amides is 2. The molecule has 2 aromatic carbocycles. The zero-order valence-electron chi connectivity index (χ0n) is 23.3. The van der Waals surface area contributed by atoms with Crippen LogP contribution in [-0.2, 0) is 27.2 Å². The largest absolute Gasteiger partial charge is 0.481 e. The maximum atomic E-state index is 13.3. The van der Waals surface area contributed by atoms with Crippen LogP contribution in [0.2, 0.25) is 0 Å². The number of aromatic nitrogens is 1. The molecule has 5 rings (SSSR count). The number of aromatic amines is 1. The molecular weight excluding hydrogens is 526 g/mol. The van der Waals surface area contributed by atoms with Crippen LogP contribution in [0.5, 0.6) is 0 Å². The number of H-pyrrole nitrogens is 1. The smallest absolute Gasteiger partial charge is 0.340 e. The summed E-state index contributed by atoms with van der Waals surface area (Å²) in [6, 6.07) is 8.50. The molecule has 1 atom stereocenters. The highest BCUT2D eigenvalue weighted by Gasteiger charge is 2.25. The minimum atomic E-state index is -1.05. The van der Waals surface area contributed by atoms with Crippen molar-refractivity contribution < 1.29 is 28.3 Å². The van der Waals surface area contributed by atoms with E-state index >= 15 is 0 Å². The van der Waals surface area contributed by atoms with Gasteiger partial charge >= 0.3 is 11.6 Å². The van der Waals surface area contributed by atoms with Gasteiger partial charge in [0.05, 0.1) is 18.4 Å². The third kappa shape index (κ3) is 5.32. The van der Waals surface area contributed by atoms with E-state index in [9.17, 15) is 19.2 Å². The van der Waals surface area contributed by atoms with Gasteiger partial charge in [-0.15, -0.1) is 0 Å². The first kappa shape index (κ1) is 27.7. The molecule has 0 bridgehead atoms. The second-order valence-electron chi connectivity index (χ2n) is 10.3. The Morgan fingerprint density at radius 2 is 1.66 bits per heavy atom. The van der Waals surface area contributed by atoms with Crippen molar-refractivity contribution in [1.82, 2.24) is 15.6 Å². The van der Waals surface area contributed by atoms with E-state index in [1.807, 2.05) is 51.1 Å². The molecule has 0 fully saturated rings. The van der Waals surface area contributed by atoms with E-state index in [0.717, 1.165) is 33.2 Å². The molecule has 10 heteroatoms. The van der Waals surface area contributed by atoms with Gasteiger partial charge in [-0.2, -0.15) is 0 Å². The monoisotopic (exact) mass is 557 g/mol. The summed E-state index contributed by atoms with van der Waals surface area (Å²) in [5.74, 6) is -1.32. The minimum Gasteiger partial charge on any atom is -0.481 e. The lowest BCUT2D eigenvalue weighted by atomic mass is 9.98. The third-order valence-electron chi connectivity index (χ3n) is 7.67. The quantitative estimate of drug-likeness (QED) is 0.199. The molecule has 41 heavy (non-hydrogen) atoms. The summed E-state index contributed by atoms with van der Waals surface area (Å²) in [5, 5.41) is 16.8. The number of benzene rings is 2. The highest BCUT2D eigenvalue weighted by Crippen LogP contribution is 2.34. The summed E-state index contributed by atoms with van der Waals surface area (Å²) in [6.45, 7) is 7.37. The predicted molar refractivity (Wildman–Crippen MR) is 154 cm³/mol. The zero-order chi connectivity index (χ0) is 29.4. The van der Waals surface area contributed by atoms with Crippen molar-refractivity contribution in [2.45, 2.75) is 53.0 Å². The minimum absolute atomic E-state index is 0.0808. The number of para-hydroxylation sites is 1. The second-order valence-corrected chi connectivity index (χ2v) is 10.3. The number of aliphatic carboxylic acids is 1. The number of carboxylic acid groups (broad SMARTS) is 1. The third-order valence-corrected chi connectivity index (χ3v) is 7.67. The Labute approximate surface area is 234 Å². The molecule has 4 N–H and O–H groups in total. The van der Waals surface area contributed by atoms with Gasteiger partial charge in [-0.25, -0.2) is 4.79 Å². The molecule has 1 unspecified atom stereocenters. The first-order valence-electron chi connectivity index (χ1n) is 13.3. The molecule has 0 radical (unpaired) electrons. The van der Waals surface area contributed by atoms with Crippen molar-refractivity contribution in [3.8, 4) is 0 Å². The number of aryl methyl sites for hydroxylation is 4. The van der Waals surface area contributed by atoms with E-state index in [0.29, 0.717) is 27.7 Å². The van der Waals surface area contributed by atoms with Crippen molar-refractivity contribution >= 4 is 50.6 Å². The Balaban J connectivity index is 1.44. The molecule has 0 saturated heterocycles. The van der Waals surface area contributed by atoms with Gasteiger partial charge in [-0.3, -0.25) is 14.4 Å². The average molecular weight is 558 g/mol. The molecule has 0 spiro atoms. The lowest BCUT2D eigenvalue weighted by molar-refractivity contribution is -0.137. The van der Waals surface area contributed by atoms with Crippen LogP contribution in [0.3, 0.4) is 0 Å². The Hall–Kier alpha value is -4.86. The molecule has 5 aromatic rings. The van der Waals surface area contributed by atoms with E-state index in [2.05, 4.69) is 15.6 Å². The van der Waals surface area contributed by atoms with Gasteiger partial charge in [0, 0.05) is 46.4 Å². The summed E-state index contributed by atoms with van der Waals surface area (Å²) in [4.78, 5) is 53.5. The van der Waals surface area contributed by atoms with Crippen molar-refractivity contribution in [2.24, 2.45) is 0 Å². The van der Waals surface area contributed by atoms with Gasteiger partial charge in [-0.1, -0.05) is 18.2 Å². The SMILES string of the molecule is Cc1oc2c(C)c3oc(=O)c(CC(=O)NC(Cc4c[nH]c5ccccc45)C(=O)NCCC(=O)O)c(C)c3cc2c1C. The molecule has 0 saturated carbocycles. The fourth-order valence-electron chi connectivity index (χ4n) is 5.25. The van der Waals surface area contributed by atoms with E-state index in [-0.39, 0.29) is 31.4 Å². The summed E-state index contributed by atoms with van der Waals surface area (Å²) in [6.07, 6.45) is 1.39. The summed E-state index contributed by atoms with van der Waals surface area (Å²) in [5.41, 5.74) is 4.65. The summed E-state index contributed by atoms with van der Waals surface area (Å²) < 4.78 is 11.6. The molecule has 0 aliphatic heterocycles. The number of rotatable bonds is 9. The number of carboxylic acids is 1. The molecule has 0 aliphatic rings. The van der Waals surface area contributed by atoms with Crippen LogP contribution in [0.25, 0.3) is 32.8 Å². The lowest BCUT2D eigenvalue weighted by Gasteiger charge is -2.19. The average Bonchev–Trinajstić information content (AvgIpc) is 3.47. The molecule has 10 nitrogen and oxygen atoms in total. The number of nitrogens with one attached hydrogen (secondary N) is 3. The van der Waals surface area contributed by atoms with E-state index < -0.39 is 29.5 Å². The van der Waals surface area contributed by atoms with Crippen LogP contribution in [0, 0.1) is 27.7 Å². The van der Waals surface area contributed by atoms with Crippen LogP contribution in [0.1, 0.15) is 40.0 Å². The Morgan fingerprint density at radius 3 is 2.41 bits per heavy atom. The van der Waals surface area contributed by atoms with Crippen molar-refractivity contribution in [1.29, 1.82) is 0 Å².